The lowest BCUT2D eigenvalue weighted by molar-refractivity contribution is 0.406. The van der Waals surface area contributed by atoms with Gasteiger partial charge in [0.2, 0.25) is 0 Å². The zero-order valence-electron chi connectivity index (χ0n) is 18.8. The Morgan fingerprint density at radius 2 is 1.52 bits per heavy atom. The van der Waals surface area contributed by atoms with Crippen molar-refractivity contribution >= 4 is 11.4 Å². The molecule has 2 atom stereocenters. The molecule has 0 bridgehead atoms. The topological polar surface area (TPSA) is 53.5 Å². The normalized spacial score (nSPS) is 13.5. The third-order valence-corrected chi connectivity index (χ3v) is 6.65. The van der Waals surface area contributed by atoms with Gasteiger partial charge in [-0.15, -0.1) is 4.72 Å². The molecular weight excluding hydrogens is 406 g/mol. The van der Waals surface area contributed by atoms with E-state index in [0.29, 0.717) is 0 Å². The van der Waals surface area contributed by atoms with E-state index in [1.165, 1.54) is 5.56 Å². The van der Waals surface area contributed by atoms with Crippen LogP contribution in [0.4, 0.5) is 0 Å². The first-order valence-electron chi connectivity index (χ1n) is 10.3. The minimum atomic E-state index is -1.25. The zero-order chi connectivity index (χ0) is 22.4. The molecule has 0 radical (unpaired) electrons. The van der Waals surface area contributed by atoms with E-state index in [2.05, 4.69) is 29.0 Å². The molecule has 5 heteroatoms. The van der Waals surface area contributed by atoms with Crippen LogP contribution in [0.25, 0.3) is 0 Å². The van der Waals surface area contributed by atoms with Gasteiger partial charge in [-0.3, -0.25) is 0 Å². The van der Waals surface area contributed by atoms with E-state index in [9.17, 15) is 4.55 Å². The monoisotopic (exact) mass is 437 g/mol. The summed E-state index contributed by atoms with van der Waals surface area (Å²) in [5, 5.41) is 0. The van der Waals surface area contributed by atoms with Crippen LogP contribution in [0.15, 0.2) is 72.8 Å². The van der Waals surface area contributed by atoms with Crippen molar-refractivity contribution in [1.82, 2.24) is 4.72 Å². The minimum absolute atomic E-state index is 0.257. The van der Waals surface area contributed by atoms with Crippen LogP contribution in [0.1, 0.15) is 49.1 Å². The largest absolute Gasteiger partial charge is 0.598 e. The Balaban J connectivity index is 1.99. The van der Waals surface area contributed by atoms with Crippen molar-refractivity contribution in [2.75, 3.05) is 14.2 Å². The van der Waals surface area contributed by atoms with E-state index in [1.54, 1.807) is 14.2 Å². The molecule has 0 aliphatic heterocycles. The molecule has 4 nitrogen and oxygen atoms in total. The Kier molecular flexibility index (Phi) is 7.65. The van der Waals surface area contributed by atoms with Gasteiger partial charge in [-0.2, -0.15) is 0 Å². The van der Waals surface area contributed by atoms with Crippen LogP contribution < -0.4 is 14.2 Å². The summed E-state index contributed by atoms with van der Waals surface area (Å²) in [6.07, 6.45) is 0.783. The molecule has 1 N–H and O–H groups in total. The van der Waals surface area contributed by atoms with Crippen molar-refractivity contribution in [3.63, 3.8) is 0 Å². The number of hydrogen-bond acceptors (Lipinski definition) is 4. The average Bonchev–Trinajstić information content (AvgIpc) is 2.77. The fourth-order valence-corrected chi connectivity index (χ4v) is 4.17. The summed E-state index contributed by atoms with van der Waals surface area (Å²) in [7, 11) is 3.34. The lowest BCUT2D eigenvalue weighted by atomic mass is 9.95. The van der Waals surface area contributed by atoms with E-state index in [1.807, 2.05) is 69.3 Å². The molecule has 0 fully saturated rings. The van der Waals surface area contributed by atoms with Crippen LogP contribution in [0, 0.1) is 0 Å². The molecule has 0 saturated heterocycles. The summed E-state index contributed by atoms with van der Waals surface area (Å²) in [6.45, 7) is 5.90. The molecule has 0 amide bonds. The Morgan fingerprint density at radius 3 is 2.10 bits per heavy atom. The molecule has 3 aromatic carbocycles. The highest BCUT2D eigenvalue weighted by Crippen LogP contribution is 2.33. The molecule has 1 unspecified atom stereocenters. The van der Waals surface area contributed by atoms with Crippen LogP contribution in [-0.2, 0) is 17.8 Å². The molecular formula is C26H31NO3S. The first-order valence-corrected chi connectivity index (χ1v) is 11.5. The van der Waals surface area contributed by atoms with E-state index in [-0.39, 0.29) is 10.8 Å². The first kappa shape index (κ1) is 23.2. The maximum Gasteiger partial charge on any atom is 0.136 e. The van der Waals surface area contributed by atoms with Crippen LogP contribution in [0.3, 0.4) is 0 Å². The van der Waals surface area contributed by atoms with E-state index in [4.69, 9.17) is 9.47 Å². The number of nitrogens with one attached hydrogen (secondary N) is 1. The fraction of sp³-hybridized carbons (Fsp3) is 0.308. The van der Waals surface area contributed by atoms with E-state index in [0.717, 1.165) is 34.6 Å². The van der Waals surface area contributed by atoms with Crippen molar-refractivity contribution in [2.45, 2.75) is 38.0 Å². The Morgan fingerprint density at radius 1 is 0.871 bits per heavy atom. The van der Waals surface area contributed by atoms with Crippen LogP contribution in [-0.4, -0.2) is 23.5 Å². The summed E-state index contributed by atoms with van der Waals surface area (Å²) < 4.78 is 26.9. The second-order valence-electron chi connectivity index (χ2n) is 8.44. The van der Waals surface area contributed by atoms with Crippen molar-refractivity contribution in [2.24, 2.45) is 0 Å². The molecule has 0 aliphatic rings. The summed E-state index contributed by atoms with van der Waals surface area (Å²) in [5.74, 6) is 1.61. The highest BCUT2D eigenvalue weighted by Gasteiger charge is 2.31. The number of hydrogen-bond donors (Lipinski definition) is 1. The maximum absolute atomic E-state index is 13.0. The molecule has 3 rings (SSSR count). The predicted molar refractivity (Wildman–Crippen MR) is 128 cm³/mol. The number of rotatable bonds is 8. The Labute approximate surface area is 188 Å². The van der Waals surface area contributed by atoms with Gasteiger partial charge in [0.05, 0.1) is 14.2 Å². The smallest absolute Gasteiger partial charge is 0.136 e. The molecule has 0 spiro atoms. The zero-order valence-corrected chi connectivity index (χ0v) is 19.7. The average molecular weight is 438 g/mol. The third-order valence-electron chi connectivity index (χ3n) is 5.09. The third kappa shape index (κ3) is 6.03. The van der Waals surface area contributed by atoms with Crippen molar-refractivity contribution in [1.29, 1.82) is 0 Å². The highest BCUT2D eigenvalue weighted by molar-refractivity contribution is 7.90. The molecule has 0 aliphatic carbocycles. The lowest BCUT2D eigenvalue weighted by Crippen LogP contribution is -2.41. The van der Waals surface area contributed by atoms with Gasteiger partial charge in [0.25, 0.3) is 0 Å². The number of ether oxygens (including phenoxy) is 2. The number of benzene rings is 3. The summed E-state index contributed by atoms with van der Waals surface area (Å²) >= 11 is -1.25. The minimum Gasteiger partial charge on any atom is -0.598 e. The number of methoxy groups -OCH3 is 2. The van der Waals surface area contributed by atoms with Gasteiger partial charge in [-0.1, -0.05) is 48.5 Å². The van der Waals surface area contributed by atoms with Crippen molar-refractivity contribution < 1.29 is 14.0 Å². The van der Waals surface area contributed by atoms with Gasteiger partial charge in [0.1, 0.15) is 22.3 Å². The van der Waals surface area contributed by atoms with Gasteiger partial charge in [-0.25, -0.2) is 0 Å². The molecule has 0 heterocycles. The highest BCUT2D eigenvalue weighted by atomic mass is 32.2. The summed E-state index contributed by atoms with van der Waals surface area (Å²) in [4.78, 5) is 0. The van der Waals surface area contributed by atoms with Crippen LogP contribution in [0.5, 0.6) is 11.5 Å². The van der Waals surface area contributed by atoms with Gasteiger partial charge in [-0.05, 0) is 68.1 Å². The van der Waals surface area contributed by atoms with Crippen LogP contribution >= 0.6 is 0 Å². The summed E-state index contributed by atoms with van der Waals surface area (Å²) in [5.41, 5.74) is 4.36. The lowest BCUT2D eigenvalue weighted by Gasteiger charge is -2.29. The van der Waals surface area contributed by atoms with E-state index >= 15 is 0 Å². The van der Waals surface area contributed by atoms with Crippen molar-refractivity contribution in [3.05, 3.63) is 95.1 Å². The molecule has 0 saturated carbocycles. The Hall–Kier alpha value is -2.47. The Bertz CT molecular complexity index is 968. The fourth-order valence-electron chi connectivity index (χ4n) is 3.34. The predicted octanol–water partition coefficient (Wildman–Crippen LogP) is 5.44. The van der Waals surface area contributed by atoms with Gasteiger partial charge < -0.3 is 14.0 Å². The molecule has 31 heavy (non-hydrogen) atoms. The second-order valence-corrected chi connectivity index (χ2v) is 10.4. The molecule has 3 aromatic rings. The van der Waals surface area contributed by atoms with Gasteiger partial charge >= 0.3 is 0 Å². The van der Waals surface area contributed by atoms with Gasteiger partial charge in [0.15, 0.2) is 0 Å². The van der Waals surface area contributed by atoms with Crippen molar-refractivity contribution in [3.8, 4) is 11.5 Å². The first-order chi connectivity index (χ1) is 14.8. The molecule has 164 valence electrons. The maximum atomic E-state index is 13.0. The second kappa shape index (κ2) is 10.2. The standard InChI is InChI=1S/C26H31NO3S/c1-26(2,3)31(28)27-25(21-9-7-6-8-10-21)23-18-20(13-16-24(23)30-5)17-19-11-14-22(29-4)15-12-19/h6-16,18,25,27H,17H2,1-5H3/t25?,31-/m0/s1. The summed E-state index contributed by atoms with van der Waals surface area (Å²) in [6, 6.07) is 24.1. The SMILES string of the molecule is COc1ccc(Cc2ccc(OC)c(C(N[S@@+]([O-])C(C)(C)C)c3ccccc3)c2)cc1. The van der Waals surface area contributed by atoms with Crippen LogP contribution in [0.2, 0.25) is 0 Å². The molecule has 0 aromatic heterocycles. The van der Waals surface area contributed by atoms with Gasteiger partial charge in [0, 0.05) is 16.9 Å². The van der Waals surface area contributed by atoms with E-state index < -0.39 is 11.4 Å². The quantitative estimate of drug-likeness (QED) is 0.477.